The fraction of sp³-hybridized carbons (Fsp3) is 0.0952. The summed E-state index contributed by atoms with van der Waals surface area (Å²) < 4.78 is 14.9. The van der Waals surface area contributed by atoms with Crippen molar-refractivity contribution in [1.29, 1.82) is 0 Å². The average Bonchev–Trinajstić information content (AvgIpc) is 3.28. The van der Waals surface area contributed by atoms with E-state index in [1.54, 1.807) is 54.6 Å². The molecule has 0 saturated carbocycles. The third-order valence-electron chi connectivity index (χ3n) is 3.84. The molecule has 2 aromatic carbocycles. The molecule has 3 rings (SSSR count). The largest absolute Gasteiger partial charge is 0.495 e. The van der Waals surface area contributed by atoms with Gasteiger partial charge in [0, 0.05) is 11.3 Å². The number of esters is 1. The van der Waals surface area contributed by atoms with E-state index in [1.807, 2.05) is 0 Å². The number of anilines is 2. The predicted octanol–water partition coefficient (Wildman–Crippen LogP) is 3.34. The van der Waals surface area contributed by atoms with Crippen molar-refractivity contribution in [2.45, 2.75) is 0 Å². The van der Waals surface area contributed by atoms with Gasteiger partial charge in [-0.25, -0.2) is 4.79 Å². The molecule has 0 bridgehead atoms. The molecule has 0 aliphatic heterocycles. The van der Waals surface area contributed by atoms with Crippen molar-refractivity contribution >= 4 is 29.2 Å². The molecule has 3 aromatic rings. The highest BCUT2D eigenvalue weighted by Gasteiger charge is 2.13. The molecule has 0 aliphatic carbocycles. The molecule has 1 heterocycles. The van der Waals surface area contributed by atoms with Crippen LogP contribution in [0.2, 0.25) is 0 Å². The molecule has 0 unspecified atom stereocenters. The summed E-state index contributed by atoms with van der Waals surface area (Å²) in [5.41, 5.74) is 1.41. The van der Waals surface area contributed by atoms with Crippen molar-refractivity contribution < 1.29 is 28.3 Å². The van der Waals surface area contributed by atoms with Gasteiger partial charge in [0.15, 0.2) is 6.61 Å². The average molecular weight is 394 g/mol. The van der Waals surface area contributed by atoms with E-state index < -0.39 is 18.5 Å². The molecular weight excluding hydrogens is 376 g/mol. The Hall–Kier alpha value is -4.07. The van der Waals surface area contributed by atoms with Crippen molar-refractivity contribution in [2.75, 3.05) is 24.4 Å². The zero-order chi connectivity index (χ0) is 20.6. The van der Waals surface area contributed by atoms with Crippen molar-refractivity contribution in [2.24, 2.45) is 0 Å². The molecule has 0 spiro atoms. The van der Waals surface area contributed by atoms with E-state index in [9.17, 15) is 14.4 Å². The van der Waals surface area contributed by atoms with Gasteiger partial charge in [0.05, 0.1) is 19.1 Å². The summed E-state index contributed by atoms with van der Waals surface area (Å²) >= 11 is 0. The summed E-state index contributed by atoms with van der Waals surface area (Å²) in [6, 6.07) is 16.3. The van der Waals surface area contributed by atoms with Crippen molar-refractivity contribution in [1.82, 2.24) is 0 Å². The van der Waals surface area contributed by atoms with Crippen molar-refractivity contribution in [3.8, 4) is 5.75 Å². The van der Waals surface area contributed by atoms with Gasteiger partial charge in [0.1, 0.15) is 5.75 Å². The number of ether oxygens (including phenoxy) is 2. The van der Waals surface area contributed by atoms with E-state index in [0.717, 1.165) is 0 Å². The highest BCUT2D eigenvalue weighted by Crippen LogP contribution is 2.23. The van der Waals surface area contributed by atoms with Crippen LogP contribution in [0.5, 0.6) is 5.75 Å². The minimum Gasteiger partial charge on any atom is -0.495 e. The second kappa shape index (κ2) is 9.23. The number of hydrogen-bond acceptors (Lipinski definition) is 6. The zero-order valence-electron chi connectivity index (χ0n) is 15.5. The van der Waals surface area contributed by atoms with Crippen LogP contribution in [-0.4, -0.2) is 31.5 Å². The quantitative estimate of drug-likeness (QED) is 0.595. The number of rotatable bonds is 7. The number of nitrogens with one attached hydrogen (secondary N) is 2. The first-order valence-electron chi connectivity index (χ1n) is 8.61. The summed E-state index contributed by atoms with van der Waals surface area (Å²) in [5, 5.41) is 5.34. The smallest absolute Gasteiger partial charge is 0.374 e. The summed E-state index contributed by atoms with van der Waals surface area (Å²) in [7, 11) is 1.52. The van der Waals surface area contributed by atoms with Gasteiger partial charge in [-0.05, 0) is 48.5 Å². The van der Waals surface area contributed by atoms with E-state index in [-0.39, 0.29) is 11.7 Å². The lowest BCUT2D eigenvalue weighted by molar-refractivity contribution is -0.119. The molecule has 8 nitrogen and oxygen atoms in total. The topological polar surface area (TPSA) is 107 Å². The number of benzene rings is 2. The van der Waals surface area contributed by atoms with Gasteiger partial charge >= 0.3 is 5.97 Å². The molecule has 0 saturated heterocycles. The Labute approximate surface area is 166 Å². The Balaban J connectivity index is 1.53. The number of para-hydroxylation sites is 2. The van der Waals surface area contributed by atoms with Gasteiger partial charge in [-0.1, -0.05) is 12.1 Å². The third-order valence-corrected chi connectivity index (χ3v) is 3.84. The van der Waals surface area contributed by atoms with Crippen LogP contribution in [0.25, 0.3) is 0 Å². The first-order valence-corrected chi connectivity index (χ1v) is 8.61. The second-order valence-electron chi connectivity index (χ2n) is 5.83. The third kappa shape index (κ3) is 5.23. The van der Waals surface area contributed by atoms with Gasteiger partial charge in [0.25, 0.3) is 11.8 Å². The van der Waals surface area contributed by atoms with Gasteiger partial charge in [-0.15, -0.1) is 0 Å². The number of furan rings is 1. The number of carbonyl (C=O) groups is 3. The first-order chi connectivity index (χ1) is 14.1. The Morgan fingerprint density at radius 2 is 1.69 bits per heavy atom. The van der Waals surface area contributed by atoms with Crippen LogP contribution >= 0.6 is 0 Å². The SMILES string of the molecule is COc1ccccc1NC(=O)c1ccc(NC(=O)COC(=O)c2ccco2)cc1. The van der Waals surface area contributed by atoms with Gasteiger partial charge in [-0.3, -0.25) is 9.59 Å². The van der Waals surface area contributed by atoms with E-state index in [4.69, 9.17) is 13.9 Å². The number of amides is 2. The van der Waals surface area contributed by atoms with E-state index >= 15 is 0 Å². The van der Waals surface area contributed by atoms with Crippen molar-refractivity contribution in [3.63, 3.8) is 0 Å². The Kier molecular flexibility index (Phi) is 6.26. The predicted molar refractivity (Wildman–Crippen MR) is 105 cm³/mol. The molecule has 0 atom stereocenters. The summed E-state index contributed by atoms with van der Waals surface area (Å²) in [6.45, 7) is -0.463. The van der Waals surface area contributed by atoms with E-state index in [2.05, 4.69) is 10.6 Å². The van der Waals surface area contributed by atoms with Crippen LogP contribution in [-0.2, 0) is 9.53 Å². The Morgan fingerprint density at radius 1 is 0.931 bits per heavy atom. The second-order valence-corrected chi connectivity index (χ2v) is 5.83. The first kappa shape index (κ1) is 19.7. The molecular formula is C21H18N2O6. The lowest BCUT2D eigenvalue weighted by Gasteiger charge is -2.10. The molecule has 0 aliphatic rings. The highest BCUT2D eigenvalue weighted by atomic mass is 16.5. The Morgan fingerprint density at radius 3 is 2.38 bits per heavy atom. The fourth-order valence-electron chi connectivity index (χ4n) is 2.44. The van der Waals surface area contributed by atoms with Crippen LogP contribution in [0, 0.1) is 0 Å². The molecule has 148 valence electrons. The molecule has 8 heteroatoms. The molecule has 0 fully saturated rings. The van der Waals surface area contributed by atoms with E-state index in [0.29, 0.717) is 22.7 Å². The molecule has 2 amide bonds. The van der Waals surface area contributed by atoms with Gasteiger partial charge in [-0.2, -0.15) is 0 Å². The summed E-state index contributed by atoms with van der Waals surface area (Å²) in [4.78, 5) is 35.9. The summed E-state index contributed by atoms with van der Waals surface area (Å²) in [6.07, 6.45) is 1.34. The molecule has 2 N–H and O–H groups in total. The number of hydrogen-bond donors (Lipinski definition) is 2. The molecule has 29 heavy (non-hydrogen) atoms. The number of methoxy groups -OCH3 is 1. The summed E-state index contributed by atoms with van der Waals surface area (Å²) in [5.74, 6) is -0.999. The van der Waals surface area contributed by atoms with Gasteiger partial charge < -0.3 is 24.5 Å². The van der Waals surface area contributed by atoms with E-state index in [1.165, 1.54) is 19.4 Å². The minimum absolute atomic E-state index is 0.0169. The number of carbonyl (C=O) groups excluding carboxylic acids is 3. The minimum atomic E-state index is -0.728. The fourth-order valence-corrected chi connectivity index (χ4v) is 2.44. The van der Waals surface area contributed by atoms with Crippen LogP contribution in [0.15, 0.2) is 71.3 Å². The zero-order valence-corrected chi connectivity index (χ0v) is 15.5. The molecule has 1 aromatic heterocycles. The normalized spacial score (nSPS) is 10.1. The standard InChI is InChI=1S/C21H18N2O6/c1-27-17-6-3-2-5-16(17)23-20(25)14-8-10-15(11-9-14)22-19(24)13-29-21(26)18-7-4-12-28-18/h2-12H,13H2,1H3,(H,22,24)(H,23,25). The van der Waals surface area contributed by atoms with Crippen molar-refractivity contribution in [3.05, 3.63) is 78.3 Å². The maximum absolute atomic E-state index is 12.4. The maximum atomic E-state index is 12.4. The highest BCUT2D eigenvalue weighted by molar-refractivity contribution is 6.05. The van der Waals surface area contributed by atoms with Crippen LogP contribution in [0.3, 0.4) is 0 Å². The Bertz CT molecular complexity index is 996. The molecule has 0 radical (unpaired) electrons. The van der Waals surface area contributed by atoms with Gasteiger partial charge in [0.2, 0.25) is 5.76 Å². The monoisotopic (exact) mass is 394 g/mol. The maximum Gasteiger partial charge on any atom is 0.374 e. The van der Waals surface area contributed by atoms with Crippen LogP contribution in [0.1, 0.15) is 20.9 Å². The van der Waals surface area contributed by atoms with Crippen LogP contribution in [0.4, 0.5) is 11.4 Å². The lowest BCUT2D eigenvalue weighted by Crippen LogP contribution is -2.20. The lowest BCUT2D eigenvalue weighted by atomic mass is 10.2. The van der Waals surface area contributed by atoms with Crippen LogP contribution < -0.4 is 15.4 Å².